The fraction of sp³-hybridized carbons (Fsp3) is 1.00. The van der Waals surface area contributed by atoms with Crippen molar-refractivity contribution in [2.75, 3.05) is 33.2 Å². The van der Waals surface area contributed by atoms with Gasteiger partial charge in [0.1, 0.15) is 0 Å². The van der Waals surface area contributed by atoms with Gasteiger partial charge in [0.15, 0.2) is 0 Å². The van der Waals surface area contributed by atoms with Gasteiger partial charge in [0.2, 0.25) is 0 Å². The van der Waals surface area contributed by atoms with Crippen molar-refractivity contribution in [1.29, 1.82) is 0 Å². The average Bonchev–Trinajstić information content (AvgIpc) is 2.54. The van der Waals surface area contributed by atoms with E-state index in [4.69, 9.17) is 0 Å². The van der Waals surface area contributed by atoms with Gasteiger partial charge in [-0.25, -0.2) is 0 Å². The molecule has 1 N–H and O–H groups in total. The fourth-order valence-electron chi connectivity index (χ4n) is 2.67. The Morgan fingerprint density at radius 1 is 1.08 bits per heavy atom. The number of piperidine rings is 1. The van der Waals surface area contributed by atoms with Crippen molar-refractivity contribution in [3.8, 4) is 0 Å². The van der Waals surface area contributed by atoms with Crippen LogP contribution in [0.4, 0.5) is 0 Å². The van der Waals surface area contributed by atoms with Crippen molar-refractivity contribution in [3.63, 3.8) is 0 Å². The van der Waals surface area contributed by atoms with Crippen LogP contribution in [-0.4, -0.2) is 38.1 Å². The predicted molar refractivity (Wildman–Crippen MR) is 51.2 cm³/mol. The van der Waals surface area contributed by atoms with Crippen molar-refractivity contribution < 1.29 is 0 Å². The predicted octanol–water partition coefficient (Wildman–Crippen LogP) is 0.938. The Labute approximate surface area is 75.3 Å². The Hall–Kier alpha value is -0.0800. The third-order valence-electron chi connectivity index (χ3n) is 3.48. The van der Waals surface area contributed by atoms with Gasteiger partial charge in [0, 0.05) is 6.54 Å². The quantitative estimate of drug-likeness (QED) is 0.627. The first-order valence-electron chi connectivity index (χ1n) is 5.25. The molecule has 1 atom stereocenters. The number of nitrogens with one attached hydrogen (secondary N) is 1. The van der Waals surface area contributed by atoms with Crippen molar-refractivity contribution in [2.24, 2.45) is 11.8 Å². The van der Waals surface area contributed by atoms with Crippen LogP contribution in [0.2, 0.25) is 0 Å². The molecule has 0 spiro atoms. The van der Waals surface area contributed by atoms with Gasteiger partial charge in [0.25, 0.3) is 0 Å². The molecule has 2 aliphatic heterocycles. The normalized spacial score (nSPS) is 34.2. The first kappa shape index (κ1) is 8.52. The first-order valence-corrected chi connectivity index (χ1v) is 5.25. The topological polar surface area (TPSA) is 15.3 Å². The molecule has 0 bridgehead atoms. The van der Waals surface area contributed by atoms with E-state index in [-0.39, 0.29) is 0 Å². The SMILES string of the molecule is CN1CC[C@H](C2CCNCC2)C1. The molecule has 0 aromatic rings. The van der Waals surface area contributed by atoms with Gasteiger partial charge in [-0.15, -0.1) is 0 Å². The maximum Gasteiger partial charge on any atom is 0.000975 e. The number of likely N-dealkylation sites (tertiary alicyclic amines) is 1. The van der Waals surface area contributed by atoms with E-state index >= 15 is 0 Å². The van der Waals surface area contributed by atoms with Crippen LogP contribution in [-0.2, 0) is 0 Å². The Kier molecular flexibility index (Phi) is 2.66. The zero-order valence-electron chi connectivity index (χ0n) is 8.05. The Bertz CT molecular complexity index is 138. The molecule has 0 aromatic heterocycles. The summed E-state index contributed by atoms with van der Waals surface area (Å²) in [4.78, 5) is 2.48. The number of rotatable bonds is 1. The second kappa shape index (κ2) is 3.75. The highest BCUT2D eigenvalue weighted by atomic mass is 15.1. The summed E-state index contributed by atoms with van der Waals surface area (Å²) >= 11 is 0. The monoisotopic (exact) mass is 168 g/mol. The van der Waals surface area contributed by atoms with Crippen molar-refractivity contribution in [2.45, 2.75) is 19.3 Å². The minimum Gasteiger partial charge on any atom is -0.317 e. The van der Waals surface area contributed by atoms with Crippen LogP contribution in [0, 0.1) is 11.8 Å². The second-order valence-electron chi connectivity index (χ2n) is 4.40. The highest BCUT2D eigenvalue weighted by molar-refractivity contribution is 4.82. The van der Waals surface area contributed by atoms with E-state index in [2.05, 4.69) is 17.3 Å². The van der Waals surface area contributed by atoms with E-state index in [9.17, 15) is 0 Å². The van der Waals surface area contributed by atoms with Gasteiger partial charge in [-0.05, 0) is 57.8 Å². The second-order valence-corrected chi connectivity index (χ2v) is 4.40. The summed E-state index contributed by atoms with van der Waals surface area (Å²) in [6.07, 6.45) is 4.28. The van der Waals surface area contributed by atoms with Crippen molar-refractivity contribution >= 4 is 0 Å². The van der Waals surface area contributed by atoms with Gasteiger partial charge in [0.05, 0.1) is 0 Å². The highest BCUT2D eigenvalue weighted by Crippen LogP contribution is 2.29. The van der Waals surface area contributed by atoms with Crippen LogP contribution in [0.15, 0.2) is 0 Å². The molecular weight excluding hydrogens is 148 g/mol. The number of nitrogens with zero attached hydrogens (tertiary/aromatic N) is 1. The smallest absolute Gasteiger partial charge is 0.000975 e. The Morgan fingerprint density at radius 3 is 2.42 bits per heavy atom. The van der Waals surface area contributed by atoms with Gasteiger partial charge in [-0.1, -0.05) is 0 Å². The highest BCUT2D eigenvalue weighted by Gasteiger charge is 2.28. The molecule has 2 rings (SSSR count). The molecule has 70 valence electrons. The summed E-state index contributed by atoms with van der Waals surface area (Å²) < 4.78 is 0. The largest absolute Gasteiger partial charge is 0.317 e. The molecule has 0 amide bonds. The fourth-order valence-corrected chi connectivity index (χ4v) is 2.67. The van der Waals surface area contributed by atoms with Crippen LogP contribution in [0.3, 0.4) is 0 Å². The standard InChI is InChI=1S/C10H20N2/c1-12-7-4-10(8-12)9-2-5-11-6-3-9/h9-11H,2-8H2,1H3/t10-/m0/s1. The molecule has 0 unspecified atom stereocenters. The molecular formula is C10H20N2. The Morgan fingerprint density at radius 2 is 1.83 bits per heavy atom. The van der Waals surface area contributed by atoms with Gasteiger partial charge in [-0.2, -0.15) is 0 Å². The van der Waals surface area contributed by atoms with E-state index in [0.717, 1.165) is 11.8 Å². The first-order chi connectivity index (χ1) is 5.86. The Balaban J connectivity index is 1.83. The molecule has 2 heteroatoms. The molecule has 0 aromatic carbocycles. The molecule has 2 aliphatic rings. The van der Waals surface area contributed by atoms with Gasteiger partial charge >= 0.3 is 0 Å². The third kappa shape index (κ3) is 1.80. The summed E-state index contributed by atoms with van der Waals surface area (Å²) in [5.41, 5.74) is 0. The lowest BCUT2D eigenvalue weighted by Crippen LogP contribution is -2.32. The van der Waals surface area contributed by atoms with Crippen molar-refractivity contribution in [1.82, 2.24) is 10.2 Å². The van der Waals surface area contributed by atoms with Gasteiger partial charge in [-0.3, -0.25) is 0 Å². The van der Waals surface area contributed by atoms with Crippen molar-refractivity contribution in [3.05, 3.63) is 0 Å². The minimum atomic E-state index is 1.01. The maximum atomic E-state index is 3.44. The van der Waals surface area contributed by atoms with E-state index in [0.29, 0.717) is 0 Å². The van der Waals surface area contributed by atoms with Crippen LogP contribution >= 0.6 is 0 Å². The lowest BCUT2D eigenvalue weighted by Gasteiger charge is -2.27. The minimum absolute atomic E-state index is 1.01. The van der Waals surface area contributed by atoms with Gasteiger partial charge < -0.3 is 10.2 Å². The zero-order chi connectivity index (χ0) is 8.39. The molecule has 2 nitrogen and oxygen atoms in total. The summed E-state index contributed by atoms with van der Waals surface area (Å²) in [7, 11) is 2.25. The van der Waals surface area contributed by atoms with Crippen LogP contribution in [0.25, 0.3) is 0 Å². The summed E-state index contributed by atoms with van der Waals surface area (Å²) in [6.45, 7) is 5.19. The lowest BCUT2D eigenvalue weighted by molar-refractivity contribution is 0.258. The third-order valence-corrected chi connectivity index (χ3v) is 3.48. The molecule has 0 radical (unpaired) electrons. The summed E-state index contributed by atoms with van der Waals surface area (Å²) in [5.74, 6) is 2.04. The summed E-state index contributed by atoms with van der Waals surface area (Å²) in [6, 6.07) is 0. The van der Waals surface area contributed by atoms with E-state index in [1.807, 2.05) is 0 Å². The molecule has 2 saturated heterocycles. The van der Waals surface area contributed by atoms with E-state index in [1.54, 1.807) is 0 Å². The van der Waals surface area contributed by atoms with Crippen LogP contribution in [0.1, 0.15) is 19.3 Å². The van der Waals surface area contributed by atoms with Crippen LogP contribution < -0.4 is 5.32 Å². The molecule has 12 heavy (non-hydrogen) atoms. The number of hydrogen-bond acceptors (Lipinski definition) is 2. The lowest BCUT2D eigenvalue weighted by atomic mass is 9.84. The molecule has 0 aliphatic carbocycles. The summed E-state index contributed by atoms with van der Waals surface area (Å²) in [5, 5.41) is 3.44. The molecule has 0 saturated carbocycles. The zero-order valence-corrected chi connectivity index (χ0v) is 8.05. The average molecular weight is 168 g/mol. The molecule has 2 heterocycles. The molecule has 2 fully saturated rings. The maximum absolute atomic E-state index is 3.44. The van der Waals surface area contributed by atoms with E-state index in [1.165, 1.54) is 45.4 Å². The van der Waals surface area contributed by atoms with E-state index < -0.39 is 0 Å². The van der Waals surface area contributed by atoms with Crippen LogP contribution in [0.5, 0.6) is 0 Å². The number of hydrogen-bond donors (Lipinski definition) is 1.